The van der Waals surface area contributed by atoms with Crippen LogP contribution in [0.25, 0.3) is 0 Å². The number of carbonyl (C=O) groups excluding carboxylic acids is 2. The van der Waals surface area contributed by atoms with Gasteiger partial charge in [-0.05, 0) is 31.9 Å². The van der Waals surface area contributed by atoms with E-state index in [0.717, 1.165) is 18.7 Å². The van der Waals surface area contributed by atoms with Crippen molar-refractivity contribution in [3.63, 3.8) is 0 Å². The summed E-state index contributed by atoms with van der Waals surface area (Å²) in [5.41, 5.74) is 1.19. The average molecular weight is 455 g/mol. The van der Waals surface area contributed by atoms with E-state index in [2.05, 4.69) is 10.2 Å². The smallest absolute Gasteiger partial charge is 0.255 e. The molecule has 0 radical (unpaired) electrons. The maximum absolute atomic E-state index is 13.2. The molecule has 160 valence electrons. The Balaban J connectivity index is 1.53. The van der Waals surface area contributed by atoms with Crippen molar-refractivity contribution in [3.8, 4) is 0 Å². The minimum absolute atomic E-state index is 0.0502. The van der Waals surface area contributed by atoms with Crippen molar-refractivity contribution in [1.29, 1.82) is 0 Å². The normalized spacial score (nSPS) is 15.9. The van der Waals surface area contributed by atoms with E-state index in [1.807, 2.05) is 58.9 Å². The van der Waals surface area contributed by atoms with Crippen LogP contribution in [-0.2, 0) is 6.54 Å². The number of nitrogens with zero attached hydrogens (tertiary/aromatic N) is 4. The first-order chi connectivity index (χ1) is 15.1. The number of halogens is 1. The number of hydrogen-bond donors (Lipinski definition) is 0. The standard InChI is InChI=1S/C23H23ClN4O2S/c1-2-27-21(25-26-23(27)31-15-20(29)16-9-4-3-5-10-16)19-13-8-14-28(19)22(30)17-11-6-7-12-18(17)24/h3-7,9-12,19H,2,8,13-15H2,1H3. The topological polar surface area (TPSA) is 68.1 Å². The van der Waals surface area contributed by atoms with Crippen molar-refractivity contribution in [1.82, 2.24) is 19.7 Å². The highest BCUT2D eigenvalue weighted by Crippen LogP contribution is 2.34. The second kappa shape index (κ2) is 9.66. The molecule has 1 aromatic heterocycles. The fraction of sp³-hybridized carbons (Fsp3) is 0.304. The van der Waals surface area contributed by atoms with E-state index in [9.17, 15) is 9.59 Å². The predicted molar refractivity (Wildman–Crippen MR) is 122 cm³/mol. The molecule has 0 bridgehead atoms. The molecule has 1 saturated heterocycles. The molecule has 0 saturated carbocycles. The molecule has 1 unspecified atom stereocenters. The second-order valence-electron chi connectivity index (χ2n) is 7.30. The number of likely N-dealkylation sites (tertiary alicyclic amines) is 1. The Morgan fingerprint density at radius 1 is 1.10 bits per heavy atom. The highest BCUT2D eigenvalue weighted by molar-refractivity contribution is 7.99. The summed E-state index contributed by atoms with van der Waals surface area (Å²) in [6.07, 6.45) is 1.72. The van der Waals surface area contributed by atoms with Crippen molar-refractivity contribution in [2.24, 2.45) is 0 Å². The van der Waals surface area contributed by atoms with Crippen LogP contribution in [0.4, 0.5) is 0 Å². The number of aromatic nitrogens is 3. The van der Waals surface area contributed by atoms with Gasteiger partial charge < -0.3 is 9.47 Å². The number of carbonyl (C=O) groups is 2. The molecule has 0 spiro atoms. The van der Waals surface area contributed by atoms with Crippen LogP contribution < -0.4 is 0 Å². The number of rotatable bonds is 7. The Morgan fingerprint density at radius 3 is 2.58 bits per heavy atom. The summed E-state index contributed by atoms with van der Waals surface area (Å²) in [7, 11) is 0. The zero-order valence-corrected chi connectivity index (χ0v) is 18.8. The van der Waals surface area contributed by atoms with Crippen LogP contribution in [0.15, 0.2) is 59.8 Å². The molecule has 31 heavy (non-hydrogen) atoms. The number of hydrogen-bond acceptors (Lipinski definition) is 5. The van der Waals surface area contributed by atoms with E-state index in [4.69, 9.17) is 11.6 Å². The molecule has 8 heteroatoms. The van der Waals surface area contributed by atoms with E-state index < -0.39 is 0 Å². The maximum atomic E-state index is 13.2. The molecule has 3 aromatic rings. The van der Waals surface area contributed by atoms with Gasteiger partial charge in [0, 0.05) is 18.7 Å². The number of ketones is 1. The first kappa shape index (κ1) is 21.6. The molecule has 4 rings (SSSR count). The van der Waals surface area contributed by atoms with Gasteiger partial charge in [0.05, 0.1) is 22.4 Å². The highest BCUT2D eigenvalue weighted by atomic mass is 35.5. The molecule has 6 nitrogen and oxygen atoms in total. The van der Waals surface area contributed by atoms with Crippen molar-refractivity contribution in [2.75, 3.05) is 12.3 Å². The summed E-state index contributed by atoms with van der Waals surface area (Å²) >= 11 is 7.64. The Labute approximate surface area is 190 Å². The van der Waals surface area contributed by atoms with Crippen molar-refractivity contribution in [2.45, 2.75) is 37.5 Å². The molecule has 2 heterocycles. The Morgan fingerprint density at radius 2 is 1.84 bits per heavy atom. The van der Waals surface area contributed by atoms with E-state index in [1.54, 1.807) is 12.1 Å². The summed E-state index contributed by atoms with van der Waals surface area (Å²) in [5.74, 6) is 1.01. The molecule has 1 aliphatic rings. The third-order valence-corrected chi connectivity index (χ3v) is 6.70. The quantitative estimate of drug-likeness (QED) is 0.375. The maximum Gasteiger partial charge on any atom is 0.255 e. The highest BCUT2D eigenvalue weighted by Gasteiger charge is 2.35. The predicted octanol–water partition coefficient (Wildman–Crippen LogP) is 4.90. The van der Waals surface area contributed by atoms with Gasteiger partial charge in [-0.1, -0.05) is 65.8 Å². The molecule has 1 amide bonds. The minimum atomic E-state index is -0.157. The van der Waals surface area contributed by atoms with E-state index in [0.29, 0.717) is 34.4 Å². The minimum Gasteiger partial charge on any atom is -0.328 e. The summed E-state index contributed by atoms with van der Waals surface area (Å²) in [4.78, 5) is 27.5. The lowest BCUT2D eigenvalue weighted by atomic mass is 10.1. The first-order valence-corrected chi connectivity index (χ1v) is 11.7. The second-order valence-corrected chi connectivity index (χ2v) is 8.65. The van der Waals surface area contributed by atoms with Gasteiger partial charge in [-0.25, -0.2) is 0 Å². The van der Waals surface area contributed by atoms with Gasteiger partial charge in [0.15, 0.2) is 16.8 Å². The largest absolute Gasteiger partial charge is 0.328 e. The molecule has 1 fully saturated rings. The molecule has 0 aliphatic carbocycles. The zero-order chi connectivity index (χ0) is 21.8. The molecule has 1 atom stereocenters. The lowest BCUT2D eigenvalue weighted by molar-refractivity contribution is 0.0727. The fourth-order valence-electron chi connectivity index (χ4n) is 3.86. The van der Waals surface area contributed by atoms with Gasteiger partial charge in [-0.2, -0.15) is 0 Å². The van der Waals surface area contributed by atoms with Gasteiger partial charge in [-0.15, -0.1) is 10.2 Å². The number of Topliss-reactive ketones (excluding diaryl/α,β-unsaturated/α-hetero) is 1. The van der Waals surface area contributed by atoms with Gasteiger partial charge in [0.2, 0.25) is 0 Å². The fourth-order valence-corrected chi connectivity index (χ4v) is 4.98. The summed E-state index contributed by atoms with van der Waals surface area (Å²) in [6, 6.07) is 16.2. The van der Waals surface area contributed by atoms with Crippen LogP contribution in [-0.4, -0.2) is 43.7 Å². The molecule has 1 aliphatic heterocycles. The van der Waals surface area contributed by atoms with Crippen molar-refractivity contribution >= 4 is 35.1 Å². The first-order valence-electron chi connectivity index (χ1n) is 10.3. The van der Waals surface area contributed by atoms with E-state index >= 15 is 0 Å². The summed E-state index contributed by atoms with van der Waals surface area (Å²) in [6.45, 7) is 3.33. The van der Waals surface area contributed by atoms with Crippen molar-refractivity contribution < 1.29 is 9.59 Å². The lowest BCUT2D eigenvalue weighted by Gasteiger charge is -2.25. The Kier molecular flexibility index (Phi) is 6.73. The number of benzene rings is 2. The SMILES string of the molecule is CCn1c(SCC(=O)c2ccccc2)nnc1C1CCCN1C(=O)c1ccccc1Cl. The molecule has 0 N–H and O–H groups in total. The summed E-state index contributed by atoms with van der Waals surface area (Å²) in [5, 5.41) is 9.91. The van der Waals surface area contributed by atoms with Crippen LogP contribution in [0.5, 0.6) is 0 Å². The monoisotopic (exact) mass is 454 g/mol. The Hall–Kier alpha value is -2.64. The van der Waals surface area contributed by atoms with Crippen molar-refractivity contribution in [3.05, 3.63) is 76.6 Å². The lowest BCUT2D eigenvalue weighted by Crippen LogP contribution is -2.32. The average Bonchev–Trinajstić information content (AvgIpc) is 3.44. The number of amides is 1. The van der Waals surface area contributed by atoms with E-state index in [-0.39, 0.29) is 23.5 Å². The number of thioether (sulfide) groups is 1. The zero-order valence-electron chi connectivity index (χ0n) is 17.2. The van der Waals surface area contributed by atoms with Crippen LogP contribution in [0, 0.1) is 0 Å². The van der Waals surface area contributed by atoms with Crippen LogP contribution >= 0.6 is 23.4 Å². The van der Waals surface area contributed by atoms with Crippen LogP contribution in [0.2, 0.25) is 5.02 Å². The van der Waals surface area contributed by atoms with Gasteiger partial charge in [0.1, 0.15) is 0 Å². The van der Waals surface area contributed by atoms with Crippen LogP contribution in [0.1, 0.15) is 52.3 Å². The van der Waals surface area contributed by atoms with Gasteiger partial charge >= 0.3 is 0 Å². The third kappa shape index (κ3) is 4.52. The molecule has 2 aromatic carbocycles. The summed E-state index contributed by atoms with van der Waals surface area (Å²) < 4.78 is 2.01. The van der Waals surface area contributed by atoms with Gasteiger partial charge in [0.25, 0.3) is 5.91 Å². The third-order valence-electron chi connectivity index (χ3n) is 5.41. The van der Waals surface area contributed by atoms with Crippen LogP contribution in [0.3, 0.4) is 0 Å². The van der Waals surface area contributed by atoms with E-state index in [1.165, 1.54) is 11.8 Å². The molecular weight excluding hydrogens is 432 g/mol. The molecular formula is C23H23ClN4O2S. The van der Waals surface area contributed by atoms with Gasteiger partial charge in [-0.3, -0.25) is 9.59 Å². The Bertz CT molecular complexity index is 1090.